The first-order valence-electron chi connectivity index (χ1n) is 5.99. The van der Waals surface area contributed by atoms with E-state index in [0.29, 0.717) is 6.54 Å². The van der Waals surface area contributed by atoms with Crippen molar-refractivity contribution >= 4 is 21.6 Å². The van der Waals surface area contributed by atoms with Crippen LogP contribution in [-0.4, -0.2) is 10.2 Å². The summed E-state index contributed by atoms with van der Waals surface area (Å²) in [6.45, 7) is 4.68. The molecule has 3 nitrogen and oxygen atoms in total. The largest absolute Gasteiger partial charge is 0.504 e. The van der Waals surface area contributed by atoms with Crippen LogP contribution in [0.25, 0.3) is 0 Å². The fraction of sp³-hybridized carbons (Fsp3) is 0.200. The Morgan fingerprint density at radius 1 is 1.05 bits per heavy atom. The van der Waals surface area contributed by atoms with E-state index in [0.717, 1.165) is 21.3 Å². The first-order chi connectivity index (χ1) is 8.97. The van der Waals surface area contributed by atoms with E-state index in [1.807, 2.05) is 6.92 Å². The lowest BCUT2D eigenvalue weighted by atomic mass is 10.1. The van der Waals surface area contributed by atoms with E-state index < -0.39 is 0 Å². The van der Waals surface area contributed by atoms with Crippen LogP contribution >= 0.6 is 15.9 Å². The van der Waals surface area contributed by atoms with Crippen LogP contribution in [0.2, 0.25) is 0 Å². The summed E-state index contributed by atoms with van der Waals surface area (Å²) in [7, 11) is 0. The topological polar surface area (TPSA) is 52.5 Å². The average Bonchev–Trinajstić information content (AvgIpc) is 2.32. The maximum atomic E-state index is 9.46. The maximum Gasteiger partial charge on any atom is 0.157 e. The minimum atomic E-state index is -0.101. The van der Waals surface area contributed by atoms with Gasteiger partial charge in [0.15, 0.2) is 11.5 Å². The Morgan fingerprint density at radius 3 is 2.42 bits per heavy atom. The first-order valence-corrected chi connectivity index (χ1v) is 6.78. The van der Waals surface area contributed by atoms with Gasteiger partial charge in [0.25, 0.3) is 0 Å². The van der Waals surface area contributed by atoms with Crippen molar-refractivity contribution in [3.05, 3.63) is 51.5 Å². The van der Waals surface area contributed by atoms with Gasteiger partial charge in [-0.2, -0.15) is 0 Å². The van der Waals surface area contributed by atoms with Gasteiger partial charge in [-0.3, -0.25) is 0 Å². The lowest BCUT2D eigenvalue weighted by Crippen LogP contribution is -2.02. The molecule has 0 unspecified atom stereocenters. The molecule has 0 saturated heterocycles. The predicted octanol–water partition coefficient (Wildman–Crippen LogP) is 4.09. The van der Waals surface area contributed by atoms with Gasteiger partial charge in [-0.25, -0.2) is 0 Å². The molecule has 0 aromatic heterocycles. The summed E-state index contributed by atoms with van der Waals surface area (Å²) in [4.78, 5) is 0. The fourth-order valence-corrected chi connectivity index (χ4v) is 2.82. The van der Waals surface area contributed by atoms with Crippen LogP contribution in [0.15, 0.2) is 34.8 Å². The van der Waals surface area contributed by atoms with Gasteiger partial charge in [0, 0.05) is 11.0 Å². The normalized spacial score (nSPS) is 10.5. The number of halogens is 1. The third-order valence-electron chi connectivity index (χ3n) is 2.94. The van der Waals surface area contributed by atoms with E-state index in [2.05, 4.69) is 40.3 Å². The Labute approximate surface area is 121 Å². The van der Waals surface area contributed by atoms with Crippen molar-refractivity contribution in [1.82, 2.24) is 0 Å². The Bertz CT molecular complexity index is 588. The monoisotopic (exact) mass is 321 g/mol. The molecule has 0 aliphatic heterocycles. The predicted molar refractivity (Wildman–Crippen MR) is 80.7 cm³/mol. The zero-order valence-electron chi connectivity index (χ0n) is 10.9. The van der Waals surface area contributed by atoms with Crippen molar-refractivity contribution in [2.45, 2.75) is 20.4 Å². The van der Waals surface area contributed by atoms with Gasteiger partial charge < -0.3 is 15.5 Å². The van der Waals surface area contributed by atoms with E-state index in [9.17, 15) is 10.2 Å². The number of phenols is 2. The molecule has 0 aliphatic carbocycles. The number of aryl methyl sites for hydroxylation is 2. The molecule has 0 fully saturated rings. The number of hydrogen-bond donors (Lipinski definition) is 3. The molecule has 0 saturated carbocycles. The van der Waals surface area contributed by atoms with Crippen LogP contribution in [0, 0.1) is 13.8 Å². The molecule has 0 heterocycles. The highest BCUT2D eigenvalue weighted by Crippen LogP contribution is 2.29. The van der Waals surface area contributed by atoms with E-state index in [4.69, 9.17) is 0 Å². The van der Waals surface area contributed by atoms with Crippen molar-refractivity contribution in [3.8, 4) is 11.5 Å². The van der Waals surface area contributed by atoms with Gasteiger partial charge in [0.2, 0.25) is 0 Å². The number of nitrogens with one attached hydrogen (secondary N) is 1. The zero-order chi connectivity index (χ0) is 14.0. The highest BCUT2D eigenvalue weighted by atomic mass is 79.9. The second kappa shape index (κ2) is 5.53. The van der Waals surface area contributed by atoms with E-state index in [1.165, 1.54) is 11.6 Å². The summed E-state index contributed by atoms with van der Waals surface area (Å²) in [5.74, 6) is -0.199. The van der Waals surface area contributed by atoms with Crippen molar-refractivity contribution in [3.63, 3.8) is 0 Å². The highest BCUT2D eigenvalue weighted by molar-refractivity contribution is 9.10. The summed E-state index contributed by atoms with van der Waals surface area (Å²) < 4.78 is 1.02. The Kier molecular flexibility index (Phi) is 4.00. The van der Waals surface area contributed by atoms with Crippen LogP contribution in [0.4, 0.5) is 5.69 Å². The molecule has 2 aromatic rings. The molecule has 0 spiro atoms. The van der Waals surface area contributed by atoms with Gasteiger partial charge in [0.1, 0.15) is 0 Å². The van der Waals surface area contributed by atoms with Crippen molar-refractivity contribution in [2.24, 2.45) is 0 Å². The van der Waals surface area contributed by atoms with Crippen LogP contribution in [0.3, 0.4) is 0 Å². The summed E-state index contributed by atoms with van der Waals surface area (Å²) in [5.41, 5.74) is 4.31. The number of rotatable bonds is 3. The maximum absolute atomic E-state index is 9.46. The Morgan fingerprint density at radius 2 is 1.79 bits per heavy atom. The minimum absolute atomic E-state index is 0.0982. The lowest BCUT2D eigenvalue weighted by molar-refractivity contribution is 0.403. The van der Waals surface area contributed by atoms with Gasteiger partial charge >= 0.3 is 0 Å². The lowest BCUT2D eigenvalue weighted by Gasteiger charge is -2.13. The summed E-state index contributed by atoms with van der Waals surface area (Å²) >= 11 is 3.55. The zero-order valence-corrected chi connectivity index (χ0v) is 12.5. The summed E-state index contributed by atoms with van der Waals surface area (Å²) in [6.07, 6.45) is 0. The first kappa shape index (κ1) is 13.7. The Balaban J connectivity index is 2.16. The quantitative estimate of drug-likeness (QED) is 0.746. The standard InChI is InChI=1S/C15H16BrNO2/c1-9-5-10(2)15(12(16)6-9)17-8-11-3-4-13(18)14(19)7-11/h3-7,17-19H,8H2,1-2H3. The minimum Gasteiger partial charge on any atom is -0.504 e. The average molecular weight is 322 g/mol. The number of phenolic OH excluding ortho intramolecular Hbond substituents is 2. The molecular weight excluding hydrogens is 306 g/mol. The van der Waals surface area contributed by atoms with E-state index in [1.54, 1.807) is 12.1 Å². The van der Waals surface area contributed by atoms with Gasteiger partial charge in [-0.15, -0.1) is 0 Å². The molecule has 0 aliphatic rings. The number of aromatic hydroxyl groups is 2. The van der Waals surface area contributed by atoms with E-state index in [-0.39, 0.29) is 11.5 Å². The van der Waals surface area contributed by atoms with Crippen LogP contribution < -0.4 is 5.32 Å². The third-order valence-corrected chi connectivity index (χ3v) is 3.57. The molecule has 0 radical (unpaired) electrons. The molecule has 0 bridgehead atoms. The Hall–Kier alpha value is -1.68. The molecule has 100 valence electrons. The number of hydrogen-bond acceptors (Lipinski definition) is 3. The fourth-order valence-electron chi connectivity index (χ4n) is 2.01. The number of benzene rings is 2. The van der Waals surface area contributed by atoms with Crippen LogP contribution in [0.1, 0.15) is 16.7 Å². The molecule has 2 rings (SSSR count). The smallest absolute Gasteiger partial charge is 0.157 e. The van der Waals surface area contributed by atoms with Crippen LogP contribution in [-0.2, 0) is 6.54 Å². The third kappa shape index (κ3) is 3.20. The highest BCUT2D eigenvalue weighted by Gasteiger charge is 2.06. The SMILES string of the molecule is Cc1cc(C)c(NCc2ccc(O)c(O)c2)c(Br)c1. The van der Waals surface area contributed by atoms with Crippen LogP contribution in [0.5, 0.6) is 11.5 Å². The molecule has 3 N–H and O–H groups in total. The van der Waals surface area contributed by atoms with Crippen molar-refractivity contribution in [2.75, 3.05) is 5.32 Å². The molecule has 19 heavy (non-hydrogen) atoms. The van der Waals surface area contributed by atoms with Gasteiger partial charge in [-0.05, 0) is 64.7 Å². The van der Waals surface area contributed by atoms with Crippen molar-refractivity contribution in [1.29, 1.82) is 0 Å². The van der Waals surface area contributed by atoms with Crippen molar-refractivity contribution < 1.29 is 10.2 Å². The van der Waals surface area contributed by atoms with Gasteiger partial charge in [-0.1, -0.05) is 12.1 Å². The van der Waals surface area contributed by atoms with E-state index >= 15 is 0 Å². The molecule has 4 heteroatoms. The second-order valence-electron chi connectivity index (χ2n) is 4.62. The molecule has 0 atom stereocenters. The summed E-state index contributed by atoms with van der Waals surface area (Å²) in [6, 6.07) is 8.99. The molecule has 2 aromatic carbocycles. The molecular formula is C15H16BrNO2. The van der Waals surface area contributed by atoms with Gasteiger partial charge in [0.05, 0.1) is 5.69 Å². The number of anilines is 1. The second-order valence-corrected chi connectivity index (χ2v) is 5.47. The summed E-state index contributed by atoms with van der Waals surface area (Å²) in [5, 5.41) is 22.1. The molecule has 0 amide bonds.